The molecular formula is C68H133NO5. The van der Waals surface area contributed by atoms with Crippen LogP contribution in [-0.2, 0) is 14.3 Å². The summed E-state index contributed by atoms with van der Waals surface area (Å²) in [6.07, 6.45) is 78.2. The van der Waals surface area contributed by atoms with E-state index in [4.69, 9.17) is 4.74 Å². The first-order valence-electron chi connectivity index (χ1n) is 33.9. The number of hydrogen-bond acceptors (Lipinski definition) is 5. The molecule has 0 saturated carbocycles. The summed E-state index contributed by atoms with van der Waals surface area (Å²) >= 11 is 0. The van der Waals surface area contributed by atoms with Crippen molar-refractivity contribution in [1.29, 1.82) is 0 Å². The number of rotatable bonds is 64. The first-order valence-corrected chi connectivity index (χ1v) is 33.9. The second-order valence-electron chi connectivity index (χ2n) is 23.5. The van der Waals surface area contributed by atoms with Gasteiger partial charge in [0.25, 0.3) is 0 Å². The van der Waals surface area contributed by atoms with Gasteiger partial charge in [-0.3, -0.25) is 9.59 Å². The Morgan fingerprint density at radius 1 is 0.365 bits per heavy atom. The van der Waals surface area contributed by atoms with E-state index < -0.39 is 12.1 Å². The van der Waals surface area contributed by atoms with Gasteiger partial charge in [0.05, 0.1) is 25.4 Å². The maximum absolute atomic E-state index is 12.5. The summed E-state index contributed by atoms with van der Waals surface area (Å²) in [6.45, 7) is 4.97. The van der Waals surface area contributed by atoms with Crippen LogP contribution in [0, 0.1) is 0 Å². The molecule has 0 heterocycles. The van der Waals surface area contributed by atoms with Crippen LogP contribution in [0.2, 0.25) is 0 Å². The molecule has 0 aromatic heterocycles. The molecule has 0 bridgehead atoms. The number of carbonyl (C=O) groups excluding carboxylic acids is 2. The highest BCUT2D eigenvalue weighted by Gasteiger charge is 2.20. The van der Waals surface area contributed by atoms with E-state index in [-0.39, 0.29) is 18.5 Å². The van der Waals surface area contributed by atoms with Crippen LogP contribution in [0.4, 0.5) is 0 Å². The van der Waals surface area contributed by atoms with Gasteiger partial charge in [0, 0.05) is 12.8 Å². The molecule has 74 heavy (non-hydrogen) atoms. The van der Waals surface area contributed by atoms with Crippen LogP contribution in [0.1, 0.15) is 386 Å². The van der Waals surface area contributed by atoms with Gasteiger partial charge in [-0.2, -0.15) is 0 Å². The Morgan fingerprint density at radius 3 is 0.973 bits per heavy atom. The fourth-order valence-corrected chi connectivity index (χ4v) is 10.9. The summed E-state index contributed by atoms with van der Waals surface area (Å²) < 4.78 is 5.48. The van der Waals surface area contributed by atoms with Crippen LogP contribution in [0.15, 0.2) is 12.2 Å². The first-order chi connectivity index (χ1) is 36.5. The van der Waals surface area contributed by atoms with E-state index in [2.05, 4.69) is 31.3 Å². The summed E-state index contributed by atoms with van der Waals surface area (Å²) in [7, 11) is 0. The van der Waals surface area contributed by atoms with Gasteiger partial charge in [0.2, 0.25) is 5.91 Å². The number of allylic oxidation sites excluding steroid dienone is 2. The van der Waals surface area contributed by atoms with Gasteiger partial charge in [0.1, 0.15) is 0 Å². The zero-order valence-electron chi connectivity index (χ0n) is 50.4. The van der Waals surface area contributed by atoms with Crippen molar-refractivity contribution in [2.24, 2.45) is 0 Å². The normalized spacial score (nSPS) is 12.5. The molecule has 0 rings (SSSR count). The predicted molar refractivity (Wildman–Crippen MR) is 324 cm³/mol. The second kappa shape index (κ2) is 64.1. The number of ether oxygens (including phenoxy) is 1. The fraction of sp³-hybridized carbons (Fsp3) is 0.941. The van der Waals surface area contributed by atoms with E-state index in [0.29, 0.717) is 25.9 Å². The van der Waals surface area contributed by atoms with E-state index in [0.717, 1.165) is 44.9 Å². The lowest BCUT2D eigenvalue weighted by molar-refractivity contribution is -0.143. The molecule has 0 aromatic rings. The van der Waals surface area contributed by atoms with E-state index >= 15 is 0 Å². The number of aliphatic hydroxyl groups is 2. The van der Waals surface area contributed by atoms with E-state index in [1.807, 2.05) is 0 Å². The minimum Gasteiger partial charge on any atom is -0.466 e. The Labute approximate surface area is 463 Å². The van der Waals surface area contributed by atoms with Gasteiger partial charge >= 0.3 is 5.97 Å². The fourth-order valence-electron chi connectivity index (χ4n) is 10.9. The van der Waals surface area contributed by atoms with Crippen molar-refractivity contribution < 1.29 is 24.5 Å². The smallest absolute Gasteiger partial charge is 0.305 e. The maximum Gasteiger partial charge on any atom is 0.305 e. The highest BCUT2D eigenvalue weighted by Crippen LogP contribution is 2.19. The van der Waals surface area contributed by atoms with E-state index in [9.17, 15) is 19.8 Å². The number of amides is 1. The van der Waals surface area contributed by atoms with Crippen molar-refractivity contribution in [1.82, 2.24) is 5.32 Å². The lowest BCUT2D eigenvalue weighted by atomic mass is 10.0. The topological polar surface area (TPSA) is 95.9 Å². The Bertz CT molecular complexity index is 1110. The minimum atomic E-state index is -0.663. The third-order valence-electron chi connectivity index (χ3n) is 16.1. The molecular weight excluding hydrogens is 911 g/mol. The van der Waals surface area contributed by atoms with Crippen LogP contribution in [0.5, 0.6) is 0 Å². The Morgan fingerprint density at radius 2 is 0.635 bits per heavy atom. The lowest BCUT2D eigenvalue weighted by Crippen LogP contribution is -2.45. The zero-order valence-corrected chi connectivity index (χ0v) is 50.4. The van der Waals surface area contributed by atoms with E-state index in [1.165, 1.54) is 308 Å². The molecule has 0 aromatic carbocycles. The molecule has 0 spiro atoms. The van der Waals surface area contributed by atoms with Crippen molar-refractivity contribution in [3.8, 4) is 0 Å². The van der Waals surface area contributed by atoms with Gasteiger partial charge in [-0.15, -0.1) is 0 Å². The minimum absolute atomic E-state index is 0.00805. The Balaban J connectivity index is 3.36. The van der Waals surface area contributed by atoms with Crippen LogP contribution in [-0.4, -0.2) is 47.4 Å². The lowest BCUT2D eigenvalue weighted by Gasteiger charge is -2.22. The first kappa shape index (κ1) is 72.6. The van der Waals surface area contributed by atoms with Gasteiger partial charge < -0.3 is 20.3 Å². The van der Waals surface area contributed by atoms with Crippen LogP contribution in [0.25, 0.3) is 0 Å². The molecule has 6 nitrogen and oxygen atoms in total. The number of carbonyl (C=O) groups is 2. The highest BCUT2D eigenvalue weighted by molar-refractivity contribution is 5.76. The number of aliphatic hydroxyl groups excluding tert-OH is 2. The molecule has 0 fully saturated rings. The van der Waals surface area contributed by atoms with Gasteiger partial charge in [-0.25, -0.2) is 0 Å². The average Bonchev–Trinajstić information content (AvgIpc) is 3.40. The maximum atomic E-state index is 12.5. The number of nitrogens with one attached hydrogen (secondary N) is 1. The summed E-state index contributed by atoms with van der Waals surface area (Å²) in [5, 5.41) is 23.4. The summed E-state index contributed by atoms with van der Waals surface area (Å²) in [6, 6.07) is -0.540. The second-order valence-corrected chi connectivity index (χ2v) is 23.5. The summed E-state index contributed by atoms with van der Waals surface area (Å²) in [4.78, 5) is 24.6. The highest BCUT2D eigenvalue weighted by atomic mass is 16.5. The average molecular weight is 1040 g/mol. The largest absolute Gasteiger partial charge is 0.466 e. The van der Waals surface area contributed by atoms with Gasteiger partial charge in [-0.05, 0) is 51.4 Å². The van der Waals surface area contributed by atoms with Gasteiger partial charge in [0.15, 0.2) is 0 Å². The molecule has 3 N–H and O–H groups in total. The van der Waals surface area contributed by atoms with E-state index in [1.54, 1.807) is 0 Å². The summed E-state index contributed by atoms with van der Waals surface area (Å²) in [5.41, 5.74) is 0. The van der Waals surface area contributed by atoms with Crippen molar-refractivity contribution in [2.75, 3.05) is 13.2 Å². The molecule has 1 amide bonds. The molecule has 0 aliphatic heterocycles. The molecule has 0 aliphatic rings. The quantitative estimate of drug-likeness (QED) is 0.0320. The zero-order chi connectivity index (χ0) is 53.6. The Kier molecular flexibility index (Phi) is 62.9. The molecule has 2 atom stereocenters. The summed E-state index contributed by atoms with van der Waals surface area (Å²) in [5.74, 6) is -0.0210. The molecule has 0 aliphatic carbocycles. The SMILES string of the molecule is CCCCCC/C=C\CCCCCCCC(=O)OCCCCCCCCCCCCCCCCCCCCCCCCCCCC(=O)NC(CO)C(O)CCCCCCCCCCCCCCCCCCCCC. The third-order valence-corrected chi connectivity index (χ3v) is 16.1. The monoisotopic (exact) mass is 1040 g/mol. The standard InChI is InChI=1S/C68H133NO5/c1-3-5-7-9-11-13-15-17-18-19-27-30-33-37-40-44-48-52-56-60-66(71)65(64-70)69-67(72)61-57-53-49-45-41-38-34-31-28-25-23-21-20-22-24-26-29-32-35-39-43-47-51-55-59-63-74-68(73)62-58-54-50-46-42-36-16-14-12-10-8-6-4-2/h14,16,65-66,70-71H,3-13,15,17-64H2,1-2H3,(H,69,72)/b16-14-. The van der Waals surface area contributed by atoms with Crippen molar-refractivity contribution in [3.63, 3.8) is 0 Å². The van der Waals surface area contributed by atoms with Crippen LogP contribution < -0.4 is 5.32 Å². The molecule has 440 valence electrons. The van der Waals surface area contributed by atoms with Crippen molar-refractivity contribution >= 4 is 11.9 Å². The number of unbranched alkanes of at least 4 members (excludes halogenated alkanes) is 51. The molecule has 2 unspecified atom stereocenters. The van der Waals surface area contributed by atoms with Crippen LogP contribution >= 0.6 is 0 Å². The van der Waals surface area contributed by atoms with Crippen molar-refractivity contribution in [3.05, 3.63) is 12.2 Å². The Hall–Kier alpha value is -1.40. The van der Waals surface area contributed by atoms with Crippen molar-refractivity contribution in [2.45, 2.75) is 398 Å². The predicted octanol–water partition coefficient (Wildman–Crippen LogP) is 21.6. The third kappa shape index (κ3) is 59.8. The van der Waals surface area contributed by atoms with Crippen LogP contribution in [0.3, 0.4) is 0 Å². The molecule has 6 heteroatoms. The molecule has 0 radical (unpaired) electrons. The molecule has 0 saturated heterocycles. The number of hydrogen-bond donors (Lipinski definition) is 3. The number of esters is 1. The van der Waals surface area contributed by atoms with Gasteiger partial charge in [-0.1, -0.05) is 334 Å².